The summed E-state index contributed by atoms with van der Waals surface area (Å²) >= 11 is 5.18. The zero-order valence-corrected chi connectivity index (χ0v) is 13.6. The monoisotopic (exact) mass is 357 g/mol. The van der Waals surface area contributed by atoms with Crippen LogP contribution >= 0.6 is 27.3 Å². The van der Waals surface area contributed by atoms with E-state index in [-0.39, 0.29) is 5.56 Å². The number of aromatic nitrogens is 1. The van der Waals surface area contributed by atoms with Crippen LogP contribution in [-0.2, 0) is 12.8 Å². The molecule has 0 radical (unpaired) electrons. The van der Waals surface area contributed by atoms with Gasteiger partial charge in [-0.2, -0.15) is 11.3 Å². The molecule has 0 atom stereocenters. The zero-order chi connectivity index (χ0) is 14.4. The van der Waals surface area contributed by atoms with E-state index >= 15 is 0 Å². The molecule has 4 heteroatoms. The molecule has 4 rings (SSSR count). The Balaban J connectivity index is 1.79. The van der Waals surface area contributed by atoms with Crippen molar-refractivity contribution in [1.82, 2.24) is 4.98 Å². The number of nitrogens with one attached hydrogen (secondary N) is 1. The molecule has 1 aliphatic carbocycles. The van der Waals surface area contributed by atoms with Crippen molar-refractivity contribution in [2.75, 3.05) is 0 Å². The van der Waals surface area contributed by atoms with Gasteiger partial charge in [0.05, 0.1) is 5.56 Å². The van der Waals surface area contributed by atoms with Crippen molar-refractivity contribution in [3.63, 3.8) is 0 Å². The van der Waals surface area contributed by atoms with E-state index in [0.717, 1.165) is 39.7 Å². The Morgan fingerprint density at radius 3 is 2.90 bits per heavy atom. The molecule has 1 N–H and O–H groups in total. The minimum absolute atomic E-state index is 0.0267. The Morgan fingerprint density at radius 1 is 1.19 bits per heavy atom. The second kappa shape index (κ2) is 4.97. The van der Waals surface area contributed by atoms with Gasteiger partial charge in [0.25, 0.3) is 5.56 Å². The average Bonchev–Trinajstić information content (AvgIpc) is 3.05. The first-order valence-electron chi connectivity index (χ1n) is 6.75. The molecule has 2 heterocycles. The van der Waals surface area contributed by atoms with Crippen molar-refractivity contribution in [1.29, 1.82) is 0 Å². The normalized spacial score (nSPS) is 12.2. The largest absolute Gasteiger partial charge is 0.325 e. The van der Waals surface area contributed by atoms with E-state index in [1.54, 1.807) is 11.3 Å². The Morgan fingerprint density at radius 2 is 2.10 bits per heavy atom. The van der Waals surface area contributed by atoms with Crippen molar-refractivity contribution in [3.8, 4) is 11.1 Å². The summed E-state index contributed by atoms with van der Waals surface area (Å²) in [6.07, 6.45) is 1.62. The minimum Gasteiger partial charge on any atom is -0.325 e. The number of hydrogen-bond acceptors (Lipinski definition) is 2. The van der Waals surface area contributed by atoms with Crippen LogP contribution in [0.5, 0.6) is 0 Å². The summed E-state index contributed by atoms with van der Waals surface area (Å²) in [5, 5.41) is 4.19. The van der Waals surface area contributed by atoms with Gasteiger partial charge in [0.1, 0.15) is 0 Å². The first kappa shape index (κ1) is 13.0. The highest BCUT2D eigenvalue weighted by atomic mass is 79.9. The number of hydrogen-bond donors (Lipinski definition) is 1. The van der Waals surface area contributed by atoms with Crippen LogP contribution in [0.15, 0.2) is 50.4 Å². The van der Waals surface area contributed by atoms with Gasteiger partial charge in [-0.25, -0.2) is 0 Å². The molecule has 2 aromatic heterocycles. The maximum Gasteiger partial charge on any atom is 0.256 e. The molecule has 104 valence electrons. The van der Waals surface area contributed by atoms with Crippen LogP contribution in [0.4, 0.5) is 0 Å². The number of aromatic amines is 1. The predicted octanol–water partition coefficient (Wildman–Crippen LogP) is 4.36. The van der Waals surface area contributed by atoms with E-state index in [0.29, 0.717) is 0 Å². The number of benzene rings is 1. The molecule has 0 saturated carbocycles. The van der Waals surface area contributed by atoms with Crippen LogP contribution in [0.1, 0.15) is 22.4 Å². The van der Waals surface area contributed by atoms with Crippen molar-refractivity contribution in [2.45, 2.75) is 12.8 Å². The number of fused-ring (bicyclic) bond motifs is 3. The molecule has 1 aliphatic rings. The average molecular weight is 358 g/mol. The summed E-state index contributed by atoms with van der Waals surface area (Å²) in [5.41, 5.74) is 6.52. The molecule has 3 aromatic rings. The lowest BCUT2D eigenvalue weighted by atomic mass is 10.1. The molecule has 2 nitrogen and oxygen atoms in total. The molecule has 0 fully saturated rings. The molecular weight excluding hydrogens is 346 g/mol. The van der Waals surface area contributed by atoms with E-state index < -0.39 is 0 Å². The van der Waals surface area contributed by atoms with Gasteiger partial charge in [-0.1, -0.05) is 22.0 Å². The highest BCUT2D eigenvalue weighted by Gasteiger charge is 2.22. The van der Waals surface area contributed by atoms with Gasteiger partial charge >= 0.3 is 0 Å². The van der Waals surface area contributed by atoms with Gasteiger partial charge in [0, 0.05) is 16.6 Å². The second-order valence-corrected chi connectivity index (χ2v) is 7.01. The molecule has 21 heavy (non-hydrogen) atoms. The molecule has 0 aliphatic heterocycles. The van der Waals surface area contributed by atoms with E-state index in [1.807, 2.05) is 12.1 Å². The maximum absolute atomic E-state index is 12.4. The lowest BCUT2D eigenvalue weighted by molar-refractivity contribution is 1.04. The summed E-state index contributed by atoms with van der Waals surface area (Å²) < 4.78 is 1.06. The fraction of sp³-hybridized carbons (Fsp3) is 0.118. The van der Waals surface area contributed by atoms with Gasteiger partial charge in [-0.15, -0.1) is 0 Å². The maximum atomic E-state index is 12.4. The number of pyridine rings is 1. The molecule has 0 saturated heterocycles. The van der Waals surface area contributed by atoms with E-state index in [4.69, 9.17) is 0 Å². The smallest absolute Gasteiger partial charge is 0.256 e. The molecule has 0 spiro atoms. The highest BCUT2D eigenvalue weighted by molar-refractivity contribution is 9.10. The summed E-state index contributed by atoms with van der Waals surface area (Å²) in [6.45, 7) is 0. The zero-order valence-electron chi connectivity index (χ0n) is 11.2. The first-order valence-corrected chi connectivity index (χ1v) is 8.49. The van der Waals surface area contributed by atoms with E-state index in [1.165, 1.54) is 11.1 Å². The Hall–Kier alpha value is -1.65. The number of H-pyrrole nitrogens is 1. The van der Waals surface area contributed by atoms with Crippen LogP contribution < -0.4 is 5.56 Å². The van der Waals surface area contributed by atoms with Crippen LogP contribution in [0.25, 0.3) is 11.1 Å². The quantitative estimate of drug-likeness (QED) is 0.567. The van der Waals surface area contributed by atoms with Gasteiger partial charge in [0.2, 0.25) is 0 Å². The van der Waals surface area contributed by atoms with E-state index in [9.17, 15) is 4.79 Å². The van der Waals surface area contributed by atoms with Crippen molar-refractivity contribution >= 4 is 27.3 Å². The Bertz CT molecular complexity index is 880. The number of halogens is 1. The highest BCUT2D eigenvalue weighted by Crippen LogP contribution is 2.35. The standard InChI is InChI=1S/C17H12BrNOS/c18-13-1-2-15-11(7-13)6-12-8-14(19-17(20)16(12)15)5-10-3-4-21-9-10/h1-4,7-9H,5-6H2,(H,19,20). The van der Waals surface area contributed by atoms with E-state index in [2.05, 4.69) is 49.9 Å². The Kier molecular flexibility index (Phi) is 3.08. The van der Waals surface area contributed by atoms with Crippen LogP contribution in [0.3, 0.4) is 0 Å². The summed E-state index contributed by atoms with van der Waals surface area (Å²) in [6, 6.07) is 10.4. The van der Waals surface area contributed by atoms with Gasteiger partial charge in [-0.05, 0) is 63.7 Å². The van der Waals surface area contributed by atoms with Crippen molar-refractivity contribution in [2.24, 2.45) is 0 Å². The van der Waals surface area contributed by atoms with Gasteiger partial charge in [-0.3, -0.25) is 4.79 Å². The van der Waals surface area contributed by atoms with Gasteiger partial charge < -0.3 is 4.98 Å². The summed E-state index contributed by atoms with van der Waals surface area (Å²) in [7, 11) is 0. The van der Waals surface area contributed by atoms with Crippen LogP contribution in [0, 0.1) is 0 Å². The lowest BCUT2D eigenvalue weighted by Crippen LogP contribution is -2.12. The Labute approximate surface area is 134 Å². The fourth-order valence-corrected chi connectivity index (χ4v) is 4.05. The molecular formula is C17H12BrNOS. The lowest BCUT2D eigenvalue weighted by Gasteiger charge is -2.04. The third-order valence-corrected chi connectivity index (χ3v) is 5.09. The molecule has 0 amide bonds. The number of rotatable bonds is 2. The van der Waals surface area contributed by atoms with Crippen LogP contribution in [0.2, 0.25) is 0 Å². The van der Waals surface area contributed by atoms with Gasteiger partial charge in [0.15, 0.2) is 0 Å². The predicted molar refractivity (Wildman–Crippen MR) is 90.1 cm³/mol. The SMILES string of the molecule is O=c1[nH]c(Cc2ccsc2)cc2c1-c1ccc(Br)cc1C2. The first-order chi connectivity index (χ1) is 10.2. The summed E-state index contributed by atoms with van der Waals surface area (Å²) in [4.78, 5) is 15.5. The third kappa shape index (κ3) is 2.28. The summed E-state index contributed by atoms with van der Waals surface area (Å²) in [5.74, 6) is 0. The molecule has 0 bridgehead atoms. The third-order valence-electron chi connectivity index (χ3n) is 3.86. The van der Waals surface area contributed by atoms with Crippen molar-refractivity contribution < 1.29 is 0 Å². The second-order valence-electron chi connectivity index (χ2n) is 5.31. The topological polar surface area (TPSA) is 32.9 Å². The van der Waals surface area contributed by atoms with Crippen molar-refractivity contribution in [3.05, 3.63) is 78.3 Å². The fourth-order valence-electron chi connectivity index (χ4n) is 2.97. The molecule has 0 unspecified atom stereocenters. The minimum atomic E-state index is 0.0267. The number of thiophene rings is 1. The van der Waals surface area contributed by atoms with Crippen LogP contribution in [-0.4, -0.2) is 4.98 Å². The molecule has 1 aromatic carbocycles.